The summed E-state index contributed by atoms with van der Waals surface area (Å²) in [6.45, 7) is 3.51. The lowest BCUT2D eigenvalue weighted by molar-refractivity contribution is 0.601. The number of benzene rings is 1. The number of aromatic nitrogens is 1. The second kappa shape index (κ2) is 5.30. The molecule has 20 heavy (non-hydrogen) atoms. The molecule has 0 atom stereocenters. The van der Waals surface area contributed by atoms with Gasteiger partial charge in [0.05, 0.1) is 17.1 Å². The van der Waals surface area contributed by atoms with Crippen molar-refractivity contribution in [3.8, 4) is 0 Å². The molecule has 0 saturated carbocycles. The third-order valence-electron chi connectivity index (χ3n) is 2.75. The van der Waals surface area contributed by atoms with Gasteiger partial charge in [0, 0.05) is 0 Å². The van der Waals surface area contributed by atoms with Crippen LogP contribution in [0, 0.1) is 13.8 Å². The Morgan fingerprint density at radius 2 is 1.90 bits per heavy atom. The summed E-state index contributed by atoms with van der Waals surface area (Å²) in [6.07, 6.45) is 0. The van der Waals surface area contributed by atoms with Gasteiger partial charge in [0.25, 0.3) is 10.0 Å². The van der Waals surface area contributed by atoms with Gasteiger partial charge in [0.2, 0.25) is 0 Å². The molecule has 5 nitrogen and oxygen atoms in total. The highest BCUT2D eigenvalue weighted by atomic mass is 35.5. The number of aryl methyl sites for hydroxylation is 2. The van der Waals surface area contributed by atoms with E-state index in [2.05, 4.69) is 9.71 Å². The summed E-state index contributed by atoms with van der Waals surface area (Å²) in [6, 6.07) is 7.86. The molecule has 0 aliphatic carbocycles. The molecule has 1 heterocycles. The van der Waals surface area contributed by atoms with E-state index in [9.17, 15) is 8.42 Å². The number of nitrogen functional groups attached to an aromatic ring is 1. The van der Waals surface area contributed by atoms with Gasteiger partial charge in [0.1, 0.15) is 10.0 Å². The monoisotopic (exact) mass is 311 g/mol. The molecule has 2 aromatic rings. The van der Waals surface area contributed by atoms with Crippen LogP contribution in [0.4, 0.5) is 11.4 Å². The van der Waals surface area contributed by atoms with Crippen LogP contribution in [0.5, 0.6) is 0 Å². The highest BCUT2D eigenvalue weighted by Gasteiger charge is 2.18. The molecule has 7 heteroatoms. The fraction of sp³-hybridized carbons (Fsp3) is 0.154. The van der Waals surface area contributed by atoms with E-state index < -0.39 is 10.0 Å². The molecule has 0 amide bonds. The molecule has 0 radical (unpaired) electrons. The molecule has 0 fully saturated rings. The summed E-state index contributed by atoms with van der Waals surface area (Å²) in [4.78, 5) is 4.03. The number of sulfonamides is 1. The second-order valence-electron chi connectivity index (χ2n) is 4.41. The predicted molar refractivity (Wildman–Crippen MR) is 80.4 cm³/mol. The molecular formula is C13H14ClN3O2S. The van der Waals surface area contributed by atoms with Crippen molar-refractivity contribution in [1.82, 2.24) is 4.98 Å². The summed E-state index contributed by atoms with van der Waals surface area (Å²) in [5.41, 5.74) is 7.73. The van der Waals surface area contributed by atoms with Crippen LogP contribution in [-0.4, -0.2) is 13.4 Å². The maximum atomic E-state index is 12.3. The Balaban J connectivity index is 2.41. The van der Waals surface area contributed by atoms with Crippen LogP contribution in [-0.2, 0) is 10.0 Å². The van der Waals surface area contributed by atoms with Gasteiger partial charge in [-0.2, -0.15) is 0 Å². The second-order valence-corrected chi connectivity index (χ2v) is 6.45. The van der Waals surface area contributed by atoms with Crippen molar-refractivity contribution >= 4 is 33.0 Å². The number of hydrogen-bond donors (Lipinski definition) is 2. The summed E-state index contributed by atoms with van der Waals surface area (Å²) in [7, 11) is -3.75. The number of nitrogens with one attached hydrogen (secondary N) is 1. The SMILES string of the molecule is Cc1ccc(S(=O)(=O)Nc2ccc(Cl)nc2C)c(N)c1. The lowest BCUT2D eigenvalue weighted by Gasteiger charge is -2.12. The van der Waals surface area contributed by atoms with Crippen molar-refractivity contribution in [2.75, 3.05) is 10.5 Å². The van der Waals surface area contributed by atoms with E-state index in [0.29, 0.717) is 16.5 Å². The lowest BCUT2D eigenvalue weighted by Crippen LogP contribution is -2.16. The van der Waals surface area contributed by atoms with Crippen LogP contribution >= 0.6 is 11.6 Å². The van der Waals surface area contributed by atoms with Gasteiger partial charge >= 0.3 is 0 Å². The Bertz CT molecular complexity index is 760. The molecule has 0 unspecified atom stereocenters. The first-order valence-corrected chi connectivity index (χ1v) is 7.68. The van der Waals surface area contributed by atoms with Crippen molar-refractivity contribution in [3.63, 3.8) is 0 Å². The van der Waals surface area contributed by atoms with Crippen LogP contribution in [0.25, 0.3) is 0 Å². The first-order chi connectivity index (χ1) is 9.29. The molecule has 0 aliphatic rings. The van der Waals surface area contributed by atoms with Crippen LogP contribution in [0.3, 0.4) is 0 Å². The summed E-state index contributed by atoms with van der Waals surface area (Å²) in [5, 5.41) is 0.306. The van der Waals surface area contributed by atoms with Gasteiger partial charge in [-0.1, -0.05) is 17.7 Å². The smallest absolute Gasteiger partial charge is 0.264 e. The molecule has 1 aromatic carbocycles. The summed E-state index contributed by atoms with van der Waals surface area (Å²) < 4.78 is 27.1. The molecule has 0 saturated heterocycles. The minimum absolute atomic E-state index is 0.0393. The zero-order chi connectivity index (χ0) is 14.9. The van der Waals surface area contributed by atoms with Gasteiger partial charge in [-0.15, -0.1) is 0 Å². The fourth-order valence-electron chi connectivity index (χ4n) is 1.75. The zero-order valence-corrected chi connectivity index (χ0v) is 12.6. The van der Waals surface area contributed by atoms with Gasteiger partial charge in [0.15, 0.2) is 0 Å². The standard InChI is InChI=1S/C13H14ClN3O2S/c1-8-3-5-12(10(15)7-8)20(18,19)17-11-4-6-13(14)16-9(11)2/h3-7,17H,15H2,1-2H3. The van der Waals surface area contributed by atoms with Crippen LogP contribution in [0.15, 0.2) is 35.2 Å². The maximum absolute atomic E-state index is 12.3. The normalized spacial score (nSPS) is 11.3. The Morgan fingerprint density at radius 3 is 2.50 bits per heavy atom. The number of hydrogen-bond acceptors (Lipinski definition) is 4. The average Bonchev–Trinajstić information content (AvgIpc) is 2.32. The zero-order valence-electron chi connectivity index (χ0n) is 11.0. The highest BCUT2D eigenvalue weighted by Crippen LogP contribution is 2.24. The van der Waals surface area contributed by atoms with E-state index in [0.717, 1.165) is 5.56 Å². The summed E-state index contributed by atoms with van der Waals surface area (Å²) in [5.74, 6) is 0. The van der Waals surface area contributed by atoms with Crippen molar-refractivity contribution in [2.45, 2.75) is 18.7 Å². The third kappa shape index (κ3) is 3.02. The van der Waals surface area contributed by atoms with Crippen molar-refractivity contribution in [2.24, 2.45) is 0 Å². The number of pyridine rings is 1. The Labute approximate surface area is 122 Å². The number of nitrogens with two attached hydrogens (primary N) is 1. The number of anilines is 2. The molecule has 0 aliphatic heterocycles. The number of rotatable bonds is 3. The molecule has 1 aromatic heterocycles. The van der Waals surface area contributed by atoms with E-state index >= 15 is 0 Å². The summed E-state index contributed by atoms with van der Waals surface area (Å²) >= 11 is 5.74. The van der Waals surface area contributed by atoms with Crippen LogP contribution in [0.1, 0.15) is 11.3 Å². The molecule has 0 spiro atoms. The van der Waals surface area contributed by atoms with Gasteiger partial charge in [-0.25, -0.2) is 13.4 Å². The van der Waals surface area contributed by atoms with Gasteiger partial charge in [-0.05, 0) is 43.7 Å². The van der Waals surface area contributed by atoms with Crippen molar-refractivity contribution in [1.29, 1.82) is 0 Å². The fourth-order valence-corrected chi connectivity index (χ4v) is 3.17. The Kier molecular flexibility index (Phi) is 3.87. The van der Waals surface area contributed by atoms with E-state index in [1.807, 2.05) is 6.92 Å². The highest BCUT2D eigenvalue weighted by molar-refractivity contribution is 7.92. The topological polar surface area (TPSA) is 85.1 Å². The van der Waals surface area contributed by atoms with E-state index in [1.54, 1.807) is 25.1 Å². The average molecular weight is 312 g/mol. The minimum atomic E-state index is -3.75. The van der Waals surface area contributed by atoms with Gasteiger partial charge in [-0.3, -0.25) is 4.72 Å². The first kappa shape index (κ1) is 14.6. The van der Waals surface area contributed by atoms with E-state index in [1.165, 1.54) is 12.1 Å². The van der Waals surface area contributed by atoms with E-state index in [4.69, 9.17) is 17.3 Å². The van der Waals surface area contributed by atoms with E-state index in [-0.39, 0.29) is 10.6 Å². The molecule has 3 N–H and O–H groups in total. The van der Waals surface area contributed by atoms with Gasteiger partial charge < -0.3 is 5.73 Å². The number of halogens is 1. The predicted octanol–water partition coefficient (Wildman–Crippen LogP) is 2.73. The van der Waals surface area contributed by atoms with Crippen molar-refractivity contribution < 1.29 is 8.42 Å². The molecular weight excluding hydrogens is 298 g/mol. The van der Waals surface area contributed by atoms with Crippen LogP contribution < -0.4 is 10.5 Å². The third-order valence-corrected chi connectivity index (χ3v) is 4.40. The Morgan fingerprint density at radius 1 is 1.20 bits per heavy atom. The molecule has 2 rings (SSSR count). The Hall–Kier alpha value is -1.79. The number of nitrogens with zero attached hydrogens (tertiary/aromatic N) is 1. The molecule has 0 bridgehead atoms. The first-order valence-electron chi connectivity index (χ1n) is 5.82. The minimum Gasteiger partial charge on any atom is -0.398 e. The molecule has 106 valence electrons. The van der Waals surface area contributed by atoms with Crippen molar-refractivity contribution in [3.05, 3.63) is 46.7 Å². The maximum Gasteiger partial charge on any atom is 0.264 e. The lowest BCUT2D eigenvalue weighted by atomic mass is 10.2. The van der Waals surface area contributed by atoms with Crippen LogP contribution in [0.2, 0.25) is 5.15 Å². The quantitative estimate of drug-likeness (QED) is 0.674. The largest absolute Gasteiger partial charge is 0.398 e.